The van der Waals surface area contributed by atoms with Gasteiger partial charge >= 0.3 is 0 Å². The lowest BCUT2D eigenvalue weighted by molar-refractivity contribution is -0.555. The van der Waals surface area contributed by atoms with E-state index in [2.05, 4.69) is 126 Å². The van der Waals surface area contributed by atoms with Gasteiger partial charge in [-0.2, -0.15) is 0 Å². The Bertz CT molecular complexity index is 1450. The van der Waals surface area contributed by atoms with Gasteiger partial charge in [0.2, 0.25) is 6.33 Å². The summed E-state index contributed by atoms with van der Waals surface area (Å²) in [5.74, 6) is 0. The van der Waals surface area contributed by atoms with Gasteiger partial charge in [-0.3, -0.25) is 0 Å². The SMILES string of the molecule is Cn1[c-][n+](C2=Cc3ccccc3-c3ccccc3-c3ccccc32)c2ccccc21. The molecule has 0 radical (unpaired) electrons. The van der Waals surface area contributed by atoms with E-state index in [0.717, 1.165) is 16.7 Å². The number of aryl methyl sites for hydroxylation is 1. The van der Waals surface area contributed by atoms with E-state index in [1.54, 1.807) is 0 Å². The quantitative estimate of drug-likeness (QED) is 0.244. The third-order valence-corrected chi connectivity index (χ3v) is 5.94. The Morgan fingerprint density at radius 2 is 1.13 bits per heavy atom. The fraction of sp³-hybridized carbons (Fsp3) is 0.0357. The van der Waals surface area contributed by atoms with Gasteiger partial charge in [0.25, 0.3) is 0 Å². The normalized spacial score (nSPS) is 12.4. The predicted molar refractivity (Wildman–Crippen MR) is 123 cm³/mol. The first-order chi connectivity index (χ1) is 14.8. The average Bonchev–Trinajstić information content (AvgIpc) is 3.13. The van der Waals surface area contributed by atoms with Crippen LogP contribution in [-0.4, -0.2) is 4.57 Å². The molecule has 30 heavy (non-hydrogen) atoms. The number of aromatic nitrogens is 2. The zero-order chi connectivity index (χ0) is 20.1. The van der Waals surface area contributed by atoms with Crippen LogP contribution in [0.5, 0.6) is 0 Å². The summed E-state index contributed by atoms with van der Waals surface area (Å²) in [4.78, 5) is 0. The van der Waals surface area contributed by atoms with Gasteiger partial charge in [0.1, 0.15) is 0 Å². The average molecular weight is 384 g/mol. The number of hydrogen-bond acceptors (Lipinski definition) is 0. The first-order valence-corrected chi connectivity index (χ1v) is 10.2. The molecule has 0 atom stereocenters. The standard InChI is InChI=1S/C28H20N2/c1-29-19-30(27-17-9-8-16-26(27)29)28-18-20-10-2-3-11-21(20)22-12-4-5-13-23(22)24-14-6-7-15-25(24)28/h2-18H,1H3. The Kier molecular flexibility index (Phi) is 3.72. The third-order valence-electron chi connectivity index (χ3n) is 5.94. The predicted octanol–water partition coefficient (Wildman–Crippen LogP) is 5.96. The van der Waals surface area contributed by atoms with Crippen molar-refractivity contribution in [2.45, 2.75) is 0 Å². The Morgan fingerprint density at radius 1 is 0.600 bits per heavy atom. The minimum Gasteiger partial charge on any atom is -0.319 e. The maximum Gasteiger partial charge on any atom is 0.244 e. The minimum absolute atomic E-state index is 1.13. The van der Waals surface area contributed by atoms with Gasteiger partial charge < -0.3 is 9.13 Å². The molecule has 0 fully saturated rings. The lowest BCUT2D eigenvalue weighted by atomic mass is 9.86. The molecule has 2 nitrogen and oxygen atoms in total. The number of imidazole rings is 1. The minimum atomic E-state index is 1.13. The van der Waals surface area contributed by atoms with Crippen molar-refractivity contribution >= 4 is 22.8 Å². The molecule has 1 aliphatic rings. The van der Waals surface area contributed by atoms with Gasteiger partial charge in [-0.25, -0.2) is 0 Å². The summed E-state index contributed by atoms with van der Waals surface area (Å²) in [5, 5.41) is 0. The van der Waals surface area contributed by atoms with Crippen molar-refractivity contribution in [3.63, 3.8) is 0 Å². The summed E-state index contributed by atoms with van der Waals surface area (Å²) in [5.41, 5.74) is 10.9. The van der Waals surface area contributed by atoms with Crippen molar-refractivity contribution in [3.05, 3.63) is 115 Å². The van der Waals surface area contributed by atoms with Crippen molar-refractivity contribution in [2.24, 2.45) is 7.05 Å². The fourth-order valence-electron chi connectivity index (χ4n) is 4.55. The van der Waals surface area contributed by atoms with Crippen LogP contribution in [0.25, 0.3) is 45.1 Å². The number of para-hydroxylation sites is 2. The first kappa shape index (κ1) is 17.0. The zero-order valence-corrected chi connectivity index (χ0v) is 16.7. The molecule has 0 amide bonds. The van der Waals surface area contributed by atoms with E-state index >= 15 is 0 Å². The second-order valence-corrected chi connectivity index (χ2v) is 7.69. The van der Waals surface area contributed by atoms with Crippen LogP contribution in [0.4, 0.5) is 0 Å². The van der Waals surface area contributed by atoms with E-state index in [4.69, 9.17) is 0 Å². The van der Waals surface area contributed by atoms with Crippen LogP contribution in [-0.2, 0) is 7.05 Å². The Morgan fingerprint density at radius 3 is 1.90 bits per heavy atom. The maximum absolute atomic E-state index is 3.53. The summed E-state index contributed by atoms with van der Waals surface area (Å²) < 4.78 is 4.26. The number of fused-ring (bicyclic) bond motifs is 6. The molecule has 142 valence electrons. The van der Waals surface area contributed by atoms with Gasteiger partial charge in [-0.1, -0.05) is 97.1 Å². The monoisotopic (exact) mass is 384 g/mol. The van der Waals surface area contributed by atoms with Crippen molar-refractivity contribution < 1.29 is 4.57 Å². The lowest BCUT2D eigenvalue weighted by Gasteiger charge is -2.22. The van der Waals surface area contributed by atoms with E-state index < -0.39 is 0 Å². The molecular formula is C28H20N2. The Hall–Kier alpha value is -3.91. The first-order valence-electron chi connectivity index (χ1n) is 10.2. The van der Waals surface area contributed by atoms with E-state index in [0.29, 0.717) is 0 Å². The van der Waals surface area contributed by atoms with Gasteiger partial charge in [0.05, 0.1) is 23.8 Å². The zero-order valence-electron chi connectivity index (χ0n) is 16.7. The highest BCUT2D eigenvalue weighted by molar-refractivity contribution is 5.97. The molecule has 4 aromatic carbocycles. The number of rotatable bonds is 1. The molecule has 0 saturated heterocycles. The van der Waals surface area contributed by atoms with Crippen LogP contribution in [0.1, 0.15) is 11.1 Å². The van der Waals surface area contributed by atoms with Crippen molar-refractivity contribution in [1.82, 2.24) is 4.57 Å². The van der Waals surface area contributed by atoms with Gasteiger partial charge in [-0.15, -0.1) is 0 Å². The molecule has 0 aliphatic heterocycles. The molecule has 0 spiro atoms. The van der Waals surface area contributed by atoms with Gasteiger partial charge in [-0.05, 0) is 39.5 Å². The second kappa shape index (κ2) is 6.57. The summed E-state index contributed by atoms with van der Waals surface area (Å²) in [6.45, 7) is 0. The van der Waals surface area contributed by atoms with E-state index in [9.17, 15) is 0 Å². The topological polar surface area (TPSA) is 8.81 Å². The molecule has 0 bridgehead atoms. The third kappa shape index (κ3) is 2.47. The van der Waals surface area contributed by atoms with Crippen LogP contribution in [0.2, 0.25) is 0 Å². The highest BCUT2D eigenvalue weighted by Gasteiger charge is 2.20. The molecular weight excluding hydrogens is 364 g/mol. The molecule has 2 heteroatoms. The van der Waals surface area contributed by atoms with Crippen LogP contribution in [0, 0.1) is 6.33 Å². The Balaban J connectivity index is 1.76. The lowest BCUT2D eigenvalue weighted by Crippen LogP contribution is -2.32. The van der Waals surface area contributed by atoms with Crippen molar-refractivity contribution in [2.75, 3.05) is 0 Å². The number of benzene rings is 4. The number of hydrogen-bond donors (Lipinski definition) is 0. The smallest absolute Gasteiger partial charge is 0.244 e. The summed E-state index contributed by atoms with van der Waals surface area (Å²) in [6, 6.07) is 34.5. The highest BCUT2D eigenvalue weighted by Crippen LogP contribution is 2.40. The van der Waals surface area contributed by atoms with E-state index in [1.165, 1.54) is 33.4 Å². The fourth-order valence-corrected chi connectivity index (χ4v) is 4.55. The van der Waals surface area contributed by atoms with Crippen LogP contribution in [0.3, 0.4) is 0 Å². The summed E-state index contributed by atoms with van der Waals surface area (Å²) >= 11 is 0. The molecule has 6 rings (SSSR count). The Labute approximate surface area is 176 Å². The molecule has 1 heterocycles. The van der Waals surface area contributed by atoms with Gasteiger partial charge in [0.15, 0.2) is 0 Å². The largest absolute Gasteiger partial charge is 0.319 e. The van der Waals surface area contributed by atoms with E-state index in [-0.39, 0.29) is 0 Å². The van der Waals surface area contributed by atoms with Crippen LogP contribution >= 0.6 is 0 Å². The molecule has 0 N–H and O–H groups in total. The van der Waals surface area contributed by atoms with Crippen molar-refractivity contribution in [3.8, 4) is 22.3 Å². The molecule has 1 aliphatic carbocycles. The molecule has 0 unspecified atom stereocenters. The highest BCUT2D eigenvalue weighted by atomic mass is 15.1. The van der Waals surface area contributed by atoms with E-state index in [1.807, 2.05) is 0 Å². The number of nitrogens with zero attached hydrogens (tertiary/aromatic N) is 2. The second-order valence-electron chi connectivity index (χ2n) is 7.69. The maximum atomic E-state index is 3.53. The summed E-state index contributed by atoms with van der Waals surface area (Å²) in [7, 11) is 2.05. The molecule has 1 aromatic heterocycles. The van der Waals surface area contributed by atoms with Crippen molar-refractivity contribution in [1.29, 1.82) is 0 Å². The van der Waals surface area contributed by atoms with Crippen LogP contribution < -0.4 is 4.57 Å². The van der Waals surface area contributed by atoms with Gasteiger partial charge in [0, 0.05) is 0 Å². The van der Waals surface area contributed by atoms with Crippen LogP contribution in [0.15, 0.2) is 97.1 Å². The molecule has 0 saturated carbocycles. The molecule has 5 aromatic rings. The summed E-state index contributed by atoms with van der Waals surface area (Å²) in [6.07, 6.45) is 5.83.